The second-order valence-electron chi connectivity index (χ2n) is 8.03. The minimum atomic E-state index is -5.30. The second-order valence-corrected chi connectivity index (χ2v) is 8.03. The largest absolute Gasteiger partial charge is 0.491 e. The van der Waals surface area contributed by atoms with Gasteiger partial charge < -0.3 is 19.4 Å². The van der Waals surface area contributed by atoms with E-state index in [1.807, 2.05) is 12.1 Å². The highest BCUT2D eigenvalue weighted by Crippen LogP contribution is 2.27. The van der Waals surface area contributed by atoms with E-state index in [1.165, 1.54) is 13.2 Å². The number of amides is 2. The number of furan rings is 1. The van der Waals surface area contributed by atoms with Gasteiger partial charge in [0.05, 0.1) is 6.54 Å². The predicted octanol–water partition coefficient (Wildman–Crippen LogP) is 4.13. The maximum atomic E-state index is 13.1. The van der Waals surface area contributed by atoms with Gasteiger partial charge in [0.1, 0.15) is 17.2 Å². The number of halogens is 3. The van der Waals surface area contributed by atoms with Crippen LogP contribution in [0.5, 0.6) is 0 Å². The van der Waals surface area contributed by atoms with E-state index in [1.54, 1.807) is 25.1 Å². The van der Waals surface area contributed by atoms with Gasteiger partial charge in [-0.25, -0.2) is 9.78 Å². The summed E-state index contributed by atoms with van der Waals surface area (Å²) in [6.45, 7) is 1.73. The highest BCUT2D eigenvalue weighted by atomic mass is 19.4. The first-order valence-corrected chi connectivity index (χ1v) is 10.5. The molecule has 0 fully saturated rings. The van der Waals surface area contributed by atoms with Crippen molar-refractivity contribution in [3.05, 3.63) is 64.7 Å². The van der Waals surface area contributed by atoms with E-state index in [-0.39, 0.29) is 24.4 Å². The Morgan fingerprint density at radius 1 is 1.26 bits per heavy atom. The zero-order valence-corrected chi connectivity index (χ0v) is 18.7. The van der Waals surface area contributed by atoms with Crippen LogP contribution in [0.3, 0.4) is 0 Å². The fraction of sp³-hybridized carbons (Fsp3) is 0.250. The molecule has 8 nitrogen and oxygen atoms in total. The van der Waals surface area contributed by atoms with Gasteiger partial charge in [-0.15, -0.1) is 0 Å². The Morgan fingerprint density at radius 3 is 2.71 bits per heavy atom. The fourth-order valence-electron chi connectivity index (χ4n) is 3.65. The van der Waals surface area contributed by atoms with Crippen LogP contribution < -0.4 is 5.32 Å². The summed E-state index contributed by atoms with van der Waals surface area (Å²) >= 11 is 0. The van der Waals surface area contributed by atoms with Crippen LogP contribution in [0.4, 0.5) is 19.0 Å². The maximum Gasteiger partial charge on any atom is 0.491 e. The number of hydrogen-bond acceptors (Lipinski definition) is 6. The molecule has 182 valence electrons. The molecule has 0 aliphatic carbocycles. The molecule has 0 atom stereocenters. The van der Waals surface area contributed by atoms with Gasteiger partial charge in [0.2, 0.25) is 5.91 Å². The van der Waals surface area contributed by atoms with E-state index in [9.17, 15) is 27.6 Å². The van der Waals surface area contributed by atoms with Crippen molar-refractivity contribution in [3.63, 3.8) is 0 Å². The van der Waals surface area contributed by atoms with Gasteiger partial charge in [-0.2, -0.15) is 13.2 Å². The van der Waals surface area contributed by atoms with E-state index in [4.69, 9.17) is 4.42 Å². The molecule has 4 rings (SSSR count). The van der Waals surface area contributed by atoms with Crippen LogP contribution in [0.15, 0.2) is 46.7 Å². The molecule has 0 bridgehead atoms. The number of alkyl halides is 3. The monoisotopic (exact) mass is 487 g/mol. The van der Waals surface area contributed by atoms with Gasteiger partial charge in [-0.3, -0.25) is 9.59 Å². The molecule has 1 aliphatic heterocycles. The van der Waals surface area contributed by atoms with Crippen molar-refractivity contribution in [2.45, 2.75) is 32.5 Å². The lowest BCUT2D eigenvalue weighted by Gasteiger charge is -2.19. The van der Waals surface area contributed by atoms with Crippen LogP contribution in [-0.2, 0) is 32.1 Å². The molecule has 0 unspecified atom stereocenters. The first-order valence-electron chi connectivity index (χ1n) is 10.5. The van der Waals surface area contributed by atoms with Crippen molar-refractivity contribution in [3.8, 4) is 0 Å². The molecule has 1 N–H and O–H groups in total. The van der Waals surface area contributed by atoms with Crippen LogP contribution in [-0.4, -0.2) is 40.9 Å². The van der Waals surface area contributed by atoms with Crippen LogP contribution in [0.1, 0.15) is 28.9 Å². The molecule has 3 heterocycles. The number of carbonyl (C=O) groups excluding carboxylic acids is 3. The number of pyridine rings is 1. The number of ether oxygens (including phenoxy) is 1. The molecule has 11 heteroatoms. The lowest BCUT2D eigenvalue weighted by atomic mass is 10.0. The summed E-state index contributed by atoms with van der Waals surface area (Å²) in [7, 11) is 1.35. The Balaban J connectivity index is 1.63. The lowest BCUT2D eigenvalue weighted by molar-refractivity contribution is -0.196. The number of carbonyl (C=O) groups is 3. The highest BCUT2D eigenvalue weighted by molar-refractivity contribution is 5.99. The van der Waals surface area contributed by atoms with Crippen LogP contribution >= 0.6 is 0 Å². The molecule has 0 radical (unpaired) electrons. The first-order chi connectivity index (χ1) is 16.5. The Bertz CT molecular complexity index is 1360. The predicted molar refractivity (Wildman–Crippen MR) is 119 cm³/mol. The third kappa shape index (κ3) is 5.18. The van der Waals surface area contributed by atoms with Crippen molar-refractivity contribution >= 4 is 40.6 Å². The average Bonchev–Trinajstić information content (AvgIpc) is 3.12. The third-order valence-corrected chi connectivity index (χ3v) is 5.48. The Hall–Kier alpha value is -4.15. The van der Waals surface area contributed by atoms with Crippen LogP contribution in [0.2, 0.25) is 0 Å². The number of rotatable bonds is 5. The number of likely N-dealkylation sites (N-methyl/N-ethyl adjacent to an activating group) is 1. The van der Waals surface area contributed by atoms with Crippen molar-refractivity contribution in [1.29, 1.82) is 0 Å². The van der Waals surface area contributed by atoms with Gasteiger partial charge in [-0.1, -0.05) is 18.2 Å². The SMILES string of the molecule is Cc1c(CN(C)C(=O)/C(=C\c2cnc3c(c2)CCC(=O)N3)OC(=O)C(F)(F)F)oc2ccccc12. The summed E-state index contributed by atoms with van der Waals surface area (Å²) in [5, 5.41) is 3.43. The smallest absolute Gasteiger partial charge is 0.459 e. The summed E-state index contributed by atoms with van der Waals surface area (Å²) in [6, 6.07) is 8.79. The first kappa shape index (κ1) is 24.0. The van der Waals surface area contributed by atoms with E-state index >= 15 is 0 Å². The van der Waals surface area contributed by atoms with Gasteiger partial charge in [0.15, 0.2) is 5.76 Å². The minimum absolute atomic E-state index is 0.0747. The number of aryl methyl sites for hydroxylation is 2. The topological polar surface area (TPSA) is 102 Å². The van der Waals surface area contributed by atoms with Crippen molar-refractivity contribution in [1.82, 2.24) is 9.88 Å². The number of hydrogen-bond donors (Lipinski definition) is 1. The molecule has 1 aromatic carbocycles. The molecule has 35 heavy (non-hydrogen) atoms. The summed E-state index contributed by atoms with van der Waals surface area (Å²) in [6.07, 6.45) is -2.45. The van der Waals surface area contributed by atoms with E-state index in [0.717, 1.165) is 21.9 Å². The summed E-state index contributed by atoms with van der Waals surface area (Å²) in [5.74, 6) is -3.75. The summed E-state index contributed by atoms with van der Waals surface area (Å²) < 4.78 is 48.9. The normalized spacial score (nSPS) is 13.9. The van der Waals surface area contributed by atoms with E-state index in [2.05, 4.69) is 15.0 Å². The number of nitrogens with one attached hydrogen (secondary N) is 1. The van der Waals surface area contributed by atoms with Crippen molar-refractivity contribution in [2.75, 3.05) is 12.4 Å². The van der Waals surface area contributed by atoms with E-state index in [0.29, 0.717) is 29.1 Å². The zero-order chi connectivity index (χ0) is 25.3. The molecular weight excluding hydrogens is 467 g/mol. The molecule has 3 aromatic rings. The number of nitrogens with zero attached hydrogens (tertiary/aromatic N) is 2. The lowest BCUT2D eigenvalue weighted by Crippen LogP contribution is -2.32. The molecule has 2 aromatic heterocycles. The molecule has 2 amide bonds. The van der Waals surface area contributed by atoms with Crippen molar-refractivity contribution < 1.29 is 36.7 Å². The molecular formula is C24H20F3N3O5. The van der Waals surface area contributed by atoms with Crippen molar-refractivity contribution in [2.24, 2.45) is 0 Å². The maximum absolute atomic E-state index is 13.1. The number of anilines is 1. The van der Waals surface area contributed by atoms with Gasteiger partial charge in [0, 0.05) is 30.6 Å². The third-order valence-electron chi connectivity index (χ3n) is 5.48. The average molecular weight is 487 g/mol. The summed E-state index contributed by atoms with van der Waals surface area (Å²) in [4.78, 5) is 41.3. The number of benzene rings is 1. The Kier molecular flexibility index (Phi) is 6.33. The van der Waals surface area contributed by atoms with Gasteiger partial charge >= 0.3 is 12.1 Å². The number of esters is 1. The number of para-hydroxylation sites is 1. The Labute approximate surface area is 197 Å². The molecule has 0 saturated heterocycles. The zero-order valence-electron chi connectivity index (χ0n) is 18.7. The van der Waals surface area contributed by atoms with Crippen LogP contribution in [0.25, 0.3) is 17.0 Å². The quantitative estimate of drug-likeness (QED) is 0.330. The molecule has 1 aliphatic rings. The van der Waals surface area contributed by atoms with Gasteiger partial charge in [0.25, 0.3) is 5.91 Å². The standard InChI is InChI=1S/C24H20F3N3O5/c1-13-16-5-3-4-6-17(16)34-19(13)12-30(2)22(32)18(35-23(33)24(25,26)27)10-14-9-15-7-8-20(31)29-21(15)28-11-14/h3-6,9-11H,7-8,12H2,1-2H3,(H,28,29,31)/b18-10+. The fourth-order valence-corrected chi connectivity index (χ4v) is 3.65. The Morgan fingerprint density at radius 2 is 2.00 bits per heavy atom. The molecule has 0 saturated carbocycles. The van der Waals surface area contributed by atoms with E-state index < -0.39 is 23.8 Å². The summed E-state index contributed by atoms with van der Waals surface area (Å²) in [5.41, 5.74) is 2.25. The number of aromatic nitrogens is 1. The number of fused-ring (bicyclic) bond motifs is 2. The highest BCUT2D eigenvalue weighted by Gasteiger charge is 2.42. The van der Waals surface area contributed by atoms with Crippen LogP contribution in [0, 0.1) is 6.92 Å². The van der Waals surface area contributed by atoms with Gasteiger partial charge in [-0.05, 0) is 42.7 Å². The second kappa shape index (κ2) is 9.24. The minimum Gasteiger partial charge on any atom is -0.459 e. The molecule has 0 spiro atoms.